The van der Waals surface area contributed by atoms with Gasteiger partial charge in [0.1, 0.15) is 6.61 Å². The van der Waals surface area contributed by atoms with Crippen LogP contribution in [0.1, 0.15) is 18.5 Å². The van der Waals surface area contributed by atoms with E-state index in [-0.39, 0.29) is 11.7 Å². The largest absolute Gasteiger partial charge is 0.434 e. The van der Waals surface area contributed by atoms with Gasteiger partial charge < -0.3 is 4.74 Å². The average molecular weight is 280 g/mol. The minimum atomic E-state index is -4.48. The van der Waals surface area contributed by atoms with Gasteiger partial charge in [-0.2, -0.15) is 13.2 Å². The average Bonchev–Trinajstić information content (AvgIpc) is 2.94. The SMILES string of the molecule is O=C(COCC1CC1)Nc1nc(C(F)(F)F)cs1. The molecule has 1 aromatic rings. The van der Waals surface area contributed by atoms with Crippen LogP contribution in [0, 0.1) is 5.92 Å². The summed E-state index contributed by atoms with van der Waals surface area (Å²) in [5, 5.41) is 3.07. The molecule has 0 aliphatic heterocycles. The molecule has 18 heavy (non-hydrogen) atoms. The highest BCUT2D eigenvalue weighted by molar-refractivity contribution is 7.13. The van der Waals surface area contributed by atoms with Gasteiger partial charge in [-0.3, -0.25) is 10.1 Å². The van der Waals surface area contributed by atoms with Crippen molar-refractivity contribution in [2.75, 3.05) is 18.5 Å². The molecule has 1 N–H and O–H groups in total. The first-order valence-electron chi connectivity index (χ1n) is 5.35. The smallest absolute Gasteiger partial charge is 0.371 e. The number of halogens is 3. The number of rotatable bonds is 5. The maximum Gasteiger partial charge on any atom is 0.434 e. The Labute approximate surface area is 105 Å². The zero-order valence-electron chi connectivity index (χ0n) is 9.29. The summed E-state index contributed by atoms with van der Waals surface area (Å²) in [6, 6.07) is 0. The van der Waals surface area contributed by atoms with Crippen LogP contribution in [0.2, 0.25) is 0 Å². The molecule has 0 aromatic carbocycles. The summed E-state index contributed by atoms with van der Waals surface area (Å²) < 4.78 is 41.8. The Kier molecular flexibility index (Phi) is 3.86. The van der Waals surface area contributed by atoms with Gasteiger partial charge in [0.05, 0.1) is 6.61 Å². The molecule has 1 aliphatic carbocycles. The zero-order valence-corrected chi connectivity index (χ0v) is 10.1. The molecule has 0 unspecified atom stereocenters. The molecule has 1 saturated carbocycles. The molecule has 0 atom stereocenters. The maximum atomic E-state index is 12.2. The Morgan fingerprint density at radius 2 is 2.28 bits per heavy atom. The Balaban J connectivity index is 1.77. The molecule has 2 rings (SSSR count). The summed E-state index contributed by atoms with van der Waals surface area (Å²) in [6.07, 6.45) is -2.26. The first-order chi connectivity index (χ1) is 8.45. The van der Waals surface area contributed by atoms with E-state index in [9.17, 15) is 18.0 Å². The van der Waals surface area contributed by atoms with Gasteiger partial charge in [-0.1, -0.05) is 0 Å². The van der Waals surface area contributed by atoms with Crippen LogP contribution >= 0.6 is 11.3 Å². The van der Waals surface area contributed by atoms with Crippen LogP contribution < -0.4 is 5.32 Å². The van der Waals surface area contributed by atoms with Crippen molar-refractivity contribution in [2.45, 2.75) is 19.0 Å². The molecule has 0 saturated heterocycles. The van der Waals surface area contributed by atoms with Gasteiger partial charge in [-0.15, -0.1) is 11.3 Å². The van der Waals surface area contributed by atoms with Crippen LogP contribution in [0.25, 0.3) is 0 Å². The summed E-state index contributed by atoms with van der Waals surface area (Å²) in [4.78, 5) is 14.6. The maximum absolute atomic E-state index is 12.2. The van der Waals surface area contributed by atoms with Crippen LogP contribution in [0.3, 0.4) is 0 Å². The molecule has 1 heterocycles. The number of aromatic nitrogens is 1. The minimum Gasteiger partial charge on any atom is -0.371 e. The number of anilines is 1. The third-order valence-corrected chi connectivity index (χ3v) is 3.08. The van der Waals surface area contributed by atoms with Crippen molar-refractivity contribution in [1.82, 2.24) is 4.98 Å². The molecule has 1 aliphatic rings. The van der Waals surface area contributed by atoms with E-state index < -0.39 is 17.8 Å². The predicted octanol–water partition coefficient (Wildman–Crippen LogP) is 2.53. The van der Waals surface area contributed by atoms with Gasteiger partial charge in [0.25, 0.3) is 5.91 Å². The van der Waals surface area contributed by atoms with E-state index >= 15 is 0 Å². The number of carbonyl (C=O) groups is 1. The summed E-state index contributed by atoms with van der Waals surface area (Å²) in [7, 11) is 0. The summed E-state index contributed by atoms with van der Waals surface area (Å²) >= 11 is 0.738. The van der Waals surface area contributed by atoms with Gasteiger partial charge in [0.2, 0.25) is 0 Å². The van der Waals surface area contributed by atoms with Crippen LogP contribution in [0.5, 0.6) is 0 Å². The van der Waals surface area contributed by atoms with Gasteiger partial charge in [-0.25, -0.2) is 4.98 Å². The number of hydrogen-bond acceptors (Lipinski definition) is 4. The third kappa shape index (κ3) is 3.95. The van der Waals surface area contributed by atoms with Crippen molar-refractivity contribution in [3.8, 4) is 0 Å². The van der Waals surface area contributed by atoms with Gasteiger partial charge in [0.15, 0.2) is 10.8 Å². The lowest BCUT2D eigenvalue weighted by Crippen LogP contribution is -2.19. The Morgan fingerprint density at radius 1 is 1.56 bits per heavy atom. The first kappa shape index (κ1) is 13.3. The lowest BCUT2D eigenvalue weighted by atomic mass is 10.5. The van der Waals surface area contributed by atoms with E-state index in [4.69, 9.17) is 4.74 Å². The van der Waals surface area contributed by atoms with Gasteiger partial charge in [-0.05, 0) is 18.8 Å². The minimum absolute atomic E-state index is 0.0673. The second-order valence-electron chi connectivity index (χ2n) is 4.04. The summed E-state index contributed by atoms with van der Waals surface area (Å²) in [5.41, 5.74) is -0.998. The molecule has 1 aromatic heterocycles. The number of amides is 1. The zero-order chi connectivity index (χ0) is 13.2. The van der Waals surface area contributed by atoms with E-state index in [0.29, 0.717) is 12.5 Å². The lowest BCUT2D eigenvalue weighted by Gasteiger charge is -2.03. The first-order valence-corrected chi connectivity index (χ1v) is 6.23. The highest BCUT2D eigenvalue weighted by atomic mass is 32.1. The molecule has 0 radical (unpaired) electrons. The monoisotopic (exact) mass is 280 g/mol. The molecule has 1 fully saturated rings. The van der Waals surface area contributed by atoms with Crippen molar-refractivity contribution < 1.29 is 22.7 Å². The van der Waals surface area contributed by atoms with E-state index in [2.05, 4.69) is 10.3 Å². The number of carbonyl (C=O) groups excluding carboxylic acids is 1. The van der Waals surface area contributed by atoms with Crippen molar-refractivity contribution in [2.24, 2.45) is 5.92 Å². The topological polar surface area (TPSA) is 51.2 Å². The van der Waals surface area contributed by atoms with E-state index in [1.807, 2.05) is 0 Å². The molecule has 8 heteroatoms. The van der Waals surface area contributed by atoms with Crippen molar-refractivity contribution >= 4 is 22.4 Å². The number of hydrogen-bond donors (Lipinski definition) is 1. The number of nitrogens with zero attached hydrogens (tertiary/aromatic N) is 1. The van der Waals surface area contributed by atoms with Crippen molar-refractivity contribution in [3.63, 3.8) is 0 Å². The molecule has 1 amide bonds. The van der Waals surface area contributed by atoms with Gasteiger partial charge >= 0.3 is 6.18 Å². The van der Waals surface area contributed by atoms with Crippen molar-refractivity contribution in [1.29, 1.82) is 0 Å². The molecular formula is C10H11F3N2O2S. The summed E-state index contributed by atoms with van der Waals surface area (Å²) in [6.45, 7) is 0.372. The quantitative estimate of drug-likeness (QED) is 0.901. The number of ether oxygens (including phenoxy) is 1. The van der Waals surface area contributed by atoms with Crippen LogP contribution in [-0.2, 0) is 15.7 Å². The fourth-order valence-electron chi connectivity index (χ4n) is 1.22. The lowest BCUT2D eigenvalue weighted by molar-refractivity contribution is -0.140. The Bertz CT molecular complexity index is 429. The second-order valence-corrected chi connectivity index (χ2v) is 4.90. The van der Waals surface area contributed by atoms with E-state index in [1.54, 1.807) is 0 Å². The fraction of sp³-hybridized carbons (Fsp3) is 0.600. The van der Waals surface area contributed by atoms with Crippen LogP contribution in [0.4, 0.5) is 18.3 Å². The highest BCUT2D eigenvalue weighted by Gasteiger charge is 2.33. The number of thiazole rings is 1. The number of nitrogens with one attached hydrogen (secondary N) is 1. The van der Waals surface area contributed by atoms with Crippen LogP contribution in [0.15, 0.2) is 5.38 Å². The third-order valence-electron chi connectivity index (χ3n) is 2.32. The fourth-order valence-corrected chi connectivity index (χ4v) is 1.95. The van der Waals surface area contributed by atoms with Crippen LogP contribution in [-0.4, -0.2) is 24.1 Å². The molecule has 0 spiro atoms. The molecule has 100 valence electrons. The van der Waals surface area contributed by atoms with E-state index in [0.717, 1.165) is 29.6 Å². The van der Waals surface area contributed by atoms with Crippen molar-refractivity contribution in [3.05, 3.63) is 11.1 Å². The molecule has 0 bridgehead atoms. The predicted molar refractivity (Wildman–Crippen MR) is 59.3 cm³/mol. The van der Waals surface area contributed by atoms with E-state index in [1.165, 1.54) is 0 Å². The second kappa shape index (κ2) is 5.23. The van der Waals surface area contributed by atoms with Gasteiger partial charge in [0, 0.05) is 5.38 Å². The molecular weight excluding hydrogens is 269 g/mol. The normalized spacial score (nSPS) is 15.7. The molecule has 4 nitrogen and oxygen atoms in total. The number of alkyl halides is 3. The highest BCUT2D eigenvalue weighted by Crippen LogP contribution is 2.31. The Hall–Kier alpha value is -1.15. The standard InChI is InChI=1S/C10H11F3N2O2S/c11-10(12,13)7-5-18-9(14-7)15-8(16)4-17-3-6-1-2-6/h5-6H,1-4H2,(H,14,15,16). The summed E-state index contributed by atoms with van der Waals surface area (Å²) in [5.74, 6) is 0.0493. The Morgan fingerprint density at radius 3 is 2.83 bits per heavy atom.